The van der Waals surface area contributed by atoms with Crippen LogP contribution in [0, 0.1) is 0 Å². The largest absolute Gasteiger partial charge is 0.451 e. The fourth-order valence-electron chi connectivity index (χ4n) is 3.24. The second kappa shape index (κ2) is 7.94. The molecule has 0 spiro atoms. The summed E-state index contributed by atoms with van der Waals surface area (Å²) < 4.78 is 6.63. The van der Waals surface area contributed by atoms with Gasteiger partial charge in [0.05, 0.1) is 27.3 Å². The molecule has 0 atom stereocenters. The van der Waals surface area contributed by atoms with E-state index in [4.69, 9.17) is 16.0 Å². The van der Waals surface area contributed by atoms with Crippen LogP contribution in [-0.4, -0.2) is 15.9 Å². The summed E-state index contributed by atoms with van der Waals surface area (Å²) in [5.41, 5.74) is 1.35. The summed E-state index contributed by atoms with van der Waals surface area (Å²) in [4.78, 5) is 36.4. The van der Waals surface area contributed by atoms with Crippen LogP contribution in [0.3, 0.4) is 0 Å². The molecule has 5 rings (SSSR count). The van der Waals surface area contributed by atoms with Crippen LogP contribution >= 0.6 is 22.9 Å². The van der Waals surface area contributed by atoms with Gasteiger partial charge < -0.3 is 4.42 Å². The van der Waals surface area contributed by atoms with Crippen LogP contribution in [-0.2, 0) is 6.54 Å². The van der Waals surface area contributed by atoms with Gasteiger partial charge in [0.1, 0.15) is 11.1 Å². The van der Waals surface area contributed by atoms with Gasteiger partial charge in [0.15, 0.2) is 16.3 Å². The number of anilines is 1. The van der Waals surface area contributed by atoms with Crippen molar-refractivity contribution in [3.63, 3.8) is 0 Å². The van der Waals surface area contributed by atoms with E-state index in [0.29, 0.717) is 32.3 Å². The van der Waals surface area contributed by atoms with Crippen molar-refractivity contribution in [3.05, 3.63) is 99.6 Å². The normalized spacial score (nSPS) is 11.1. The van der Waals surface area contributed by atoms with Crippen molar-refractivity contribution < 1.29 is 9.21 Å². The number of fused-ring (bicyclic) bond motifs is 2. The number of nitrogens with zero attached hydrogens (tertiary/aromatic N) is 3. The SMILES string of the molecule is O=C(c1cc(=O)c2ccccc2o1)N(Cc1ccccn1)c1nc2c(Cl)cccc2s1. The summed E-state index contributed by atoms with van der Waals surface area (Å²) in [6.45, 7) is 0.160. The maximum absolute atomic E-state index is 13.5. The lowest BCUT2D eigenvalue weighted by molar-refractivity contribution is 0.0958. The number of para-hydroxylation sites is 2. The van der Waals surface area contributed by atoms with Gasteiger partial charge in [-0.2, -0.15) is 0 Å². The maximum Gasteiger partial charge on any atom is 0.296 e. The third-order valence-corrected chi connectivity index (χ3v) is 6.07. The molecule has 8 heteroatoms. The lowest BCUT2D eigenvalue weighted by Gasteiger charge is -2.19. The first kappa shape index (κ1) is 19.4. The first-order valence-corrected chi connectivity index (χ1v) is 10.6. The smallest absolute Gasteiger partial charge is 0.296 e. The van der Waals surface area contributed by atoms with Crippen molar-refractivity contribution in [2.45, 2.75) is 6.54 Å². The summed E-state index contributed by atoms with van der Waals surface area (Å²) in [5, 5.41) is 1.36. The molecule has 0 unspecified atom stereocenters. The van der Waals surface area contributed by atoms with Crippen molar-refractivity contribution in [1.29, 1.82) is 0 Å². The van der Waals surface area contributed by atoms with Gasteiger partial charge in [-0.25, -0.2) is 4.98 Å². The van der Waals surface area contributed by atoms with Crippen LogP contribution in [0.2, 0.25) is 5.02 Å². The van der Waals surface area contributed by atoms with E-state index in [-0.39, 0.29) is 17.7 Å². The molecule has 5 aromatic rings. The van der Waals surface area contributed by atoms with E-state index in [0.717, 1.165) is 4.70 Å². The molecule has 0 N–H and O–H groups in total. The molecular formula is C23H14ClN3O3S. The topological polar surface area (TPSA) is 76.3 Å². The molecule has 3 aromatic heterocycles. The number of aromatic nitrogens is 2. The van der Waals surface area contributed by atoms with Crippen molar-refractivity contribution in [3.8, 4) is 0 Å². The zero-order valence-corrected chi connectivity index (χ0v) is 17.6. The minimum Gasteiger partial charge on any atom is -0.451 e. The van der Waals surface area contributed by atoms with Gasteiger partial charge in [-0.15, -0.1) is 0 Å². The Balaban J connectivity index is 1.63. The van der Waals surface area contributed by atoms with Crippen molar-refractivity contribution >= 4 is 55.2 Å². The second-order valence-electron chi connectivity index (χ2n) is 6.77. The Morgan fingerprint density at radius 3 is 2.71 bits per heavy atom. The van der Waals surface area contributed by atoms with E-state index in [2.05, 4.69) is 9.97 Å². The van der Waals surface area contributed by atoms with E-state index in [1.54, 1.807) is 42.6 Å². The van der Waals surface area contributed by atoms with Gasteiger partial charge in [-0.1, -0.05) is 47.2 Å². The number of thiazole rings is 1. The van der Waals surface area contributed by atoms with Crippen LogP contribution in [0.5, 0.6) is 0 Å². The highest BCUT2D eigenvalue weighted by atomic mass is 35.5. The lowest BCUT2D eigenvalue weighted by atomic mass is 10.2. The molecule has 0 bridgehead atoms. The highest BCUT2D eigenvalue weighted by molar-refractivity contribution is 7.22. The second-order valence-corrected chi connectivity index (χ2v) is 8.18. The Hall–Kier alpha value is -3.55. The summed E-state index contributed by atoms with van der Waals surface area (Å²) in [6, 6.07) is 19.0. The number of carbonyl (C=O) groups excluding carboxylic acids is 1. The average Bonchev–Trinajstić information content (AvgIpc) is 3.23. The summed E-state index contributed by atoms with van der Waals surface area (Å²) in [5.74, 6) is -0.548. The van der Waals surface area contributed by atoms with Crippen molar-refractivity contribution in [1.82, 2.24) is 9.97 Å². The van der Waals surface area contributed by atoms with E-state index in [1.807, 2.05) is 24.3 Å². The van der Waals surface area contributed by atoms with Crippen LogP contribution in [0.25, 0.3) is 21.2 Å². The first-order valence-electron chi connectivity index (χ1n) is 9.40. The molecule has 152 valence electrons. The average molecular weight is 448 g/mol. The minimum absolute atomic E-state index is 0.0648. The number of carbonyl (C=O) groups is 1. The molecule has 0 saturated carbocycles. The Bertz CT molecular complexity index is 1480. The number of hydrogen-bond donors (Lipinski definition) is 0. The van der Waals surface area contributed by atoms with Crippen LogP contribution in [0.4, 0.5) is 5.13 Å². The number of benzene rings is 2. The monoisotopic (exact) mass is 447 g/mol. The zero-order valence-electron chi connectivity index (χ0n) is 16.0. The molecule has 6 nitrogen and oxygen atoms in total. The fourth-order valence-corrected chi connectivity index (χ4v) is 4.50. The van der Waals surface area contributed by atoms with Crippen LogP contribution < -0.4 is 10.3 Å². The minimum atomic E-state index is -0.483. The molecule has 31 heavy (non-hydrogen) atoms. The predicted molar refractivity (Wildman–Crippen MR) is 122 cm³/mol. The number of rotatable bonds is 4. The highest BCUT2D eigenvalue weighted by Gasteiger charge is 2.25. The number of hydrogen-bond acceptors (Lipinski definition) is 6. The van der Waals surface area contributed by atoms with Gasteiger partial charge in [0, 0.05) is 12.3 Å². The first-order chi connectivity index (χ1) is 15.1. The van der Waals surface area contributed by atoms with Gasteiger partial charge in [0.25, 0.3) is 5.91 Å². The Morgan fingerprint density at radius 2 is 1.90 bits per heavy atom. The zero-order chi connectivity index (χ0) is 21.4. The number of amides is 1. The van der Waals surface area contributed by atoms with E-state index in [1.165, 1.54) is 22.3 Å². The molecule has 0 radical (unpaired) electrons. The summed E-state index contributed by atoms with van der Waals surface area (Å²) >= 11 is 7.62. The van der Waals surface area contributed by atoms with Gasteiger partial charge in [-0.05, 0) is 36.4 Å². The summed E-state index contributed by atoms with van der Waals surface area (Å²) in [6.07, 6.45) is 1.66. The van der Waals surface area contributed by atoms with Crippen molar-refractivity contribution in [2.75, 3.05) is 4.90 Å². The van der Waals surface area contributed by atoms with Crippen LogP contribution in [0.1, 0.15) is 16.2 Å². The lowest BCUT2D eigenvalue weighted by Crippen LogP contribution is -2.31. The Morgan fingerprint density at radius 1 is 1.06 bits per heavy atom. The Labute approximate surface area is 185 Å². The highest BCUT2D eigenvalue weighted by Crippen LogP contribution is 2.34. The molecule has 2 aromatic carbocycles. The molecular weight excluding hydrogens is 434 g/mol. The standard InChI is InChI=1S/C23H14ClN3O3S/c24-16-8-5-10-20-21(16)26-23(31-20)27(13-14-6-3-4-11-25-14)22(29)19-12-17(28)15-7-1-2-9-18(15)30-19/h1-12H,13H2. The van der Waals surface area contributed by atoms with E-state index < -0.39 is 5.91 Å². The molecule has 0 aliphatic heterocycles. The quantitative estimate of drug-likeness (QED) is 0.373. The molecule has 0 fully saturated rings. The molecule has 0 aliphatic carbocycles. The molecule has 3 heterocycles. The predicted octanol–water partition coefficient (Wildman–Crippen LogP) is 5.30. The van der Waals surface area contributed by atoms with Crippen molar-refractivity contribution in [2.24, 2.45) is 0 Å². The number of halogens is 1. The van der Waals surface area contributed by atoms with Gasteiger partial charge >= 0.3 is 0 Å². The Kier molecular flexibility index (Phi) is 4.97. The summed E-state index contributed by atoms with van der Waals surface area (Å²) in [7, 11) is 0. The molecule has 0 aliphatic rings. The van der Waals surface area contributed by atoms with E-state index >= 15 is 0 Å². The molecule has 1 amide bonds. The van der Waals surface area contributed by atoms with E-state index in [9.17, 15) is 9.59 Å². The third kappa shape index (κ3) is 3.69. The maximum atomic E-state index is 13.5. The third-order valence-electron chi connectivity index (χ3n) is 4.73. The number of pyridine rings is 1. The fraction of sp³-hybridized carbons (Fsp3) is 0.0435. The van der Waals surface area contributed by atoms with Crippen LogP contribution in [0.15, 0.2) is 82.1 Å². The molecule has 0 saturated heterocycles. The van der Waals surface area contributed by atoms with Gasteiger partial charge in [-0.3, -0.25) is 19.5 Å². The van der Waals surface area contributed by atoms with Gasteiger partial charge in [0.2, 0.25) is 0 Å².